The predicted octanol–water partition coefficient (Wildman–Crippen LogP) is 4.92. The van der Waals surface area contributed by atoms with Crippen molar-refractivity contribution in [3.63, 3.8) is 0 Å². The van der Waals surface area contributed by atoms with Crippen molar-refractivity contribution in [2.45, 2.75) is 6.92 Å². The van der Waals surface area contributed by atoms with Crippen LogP contribution in [0.3, 0.4) is 0 Å². The Bertz CT molecular complexity index is 406. The average molecular weight is 224 g/mol. The van der Waals surface area contributed by atoms with Crippen LogP contribution in [-0.4, -0.2) is 0 Å². The molecular formula is C13H11F3. The van der Waals surface area contributed by atoms with Gasteiger partial charge in [-0.2, -0.15) is 8.78 Å². The van der Waals surface area contributed by atoms with Crippen molar-refractivity contribution in [1.29, 1.82) is 0 Å². The van der Waals surface area contributed by atoms with Gasteiger partial charge in [-0.15, -0.1) is 0 Å². The molecule has 0 amide bonds. The molecule has 2 aromatic carbocycles. The van der Waals surface area contributed by atoms with Crippen LogP contribution in [0.5, 0.6) is 0 Å². The van der Waals surface area contributed by atoms with Gasteiger partial charge in [0, 0.05) is 0 Å². The van der Waals surface area contributed by atoms with Crippen LogP contribution in [0.1, 0.15) is 6.92 Å². The Morgan fingerprint density at radius 2 is 1.00 bits per heavy atom. The lowest BCUT2D eigenvalue weighted by Crippen LogP contribution is -1.67. The number of hydrogen-bond acceptors (Lipinski definition) is 0. The lowest BCUT2D eigenvalue weighted by atomic mass is 10.1. The lowest BCUT2D eigenvalue weighted by Gasteiger charge is -1.92. The summed E-state index contributed by atoms with van der Waals surface area (Å²) in [7, 11) is 0. The first-order chi connectivity index (χ1) is 7.61. The Labute approximate surface area is 92.0 Å². The van der Waals surface area contributed by atoms with E-state index < -0.39 is 11.9 Å². The van der Waals surface area contributed by atoms with Gasteiger partial charge in [-0.25, -0.2) is 4.39 Å². The lowest BCUT2D eigenvalue weighted by molar-refractivity contribution is 0.380. The van der Waals surface area contributed by atoms with Crippen molar-refractivity contribution < 1.29 is 13.2 Å². The van der Waals surface area contributed by atoms with E-state index in [0.717, 1.165) is 0 Å². The van der Waals surface area contributed by atoms with Crippen molar-refractivity contribution in [1.82, 2.24) is 0 Å². The highest BCUT2D eigenvalue weighted by Crippen LogP contribution is 2.11. The normalized spacial score (nSPS) is 9.25. The van der Waals surface area contributed by atoms with Gasteiger partial charge in [-0.3, -0.25) is 0 Å². The topological polar surface area (TPSA) is 0 Å². The van der Waals surface area contributed by atoms with Crippen LogP contribution in [0.4, 0.5) is 13.2 Å². The molecule has 0 aromatic heterocycles. The van der Waals surface area contributed by atoms with Crippen molar-refractivity contribution in [2.75, 3.05) is 0 Å². The first-order valence-electron chi connectivity index (χ1n) is 4.72. The van der Waals surface area contributed by atoms with Gasteiger partial charge in [0.25, 0.3) is 0 Å². The molecule has 0 radical (unpaired) electrons. The summed E-state index contributed by atoms with van der Waals surface area (Å²) in [5.41, 5.74) is 0. The second-order valence-electron chi connectivity index (χ2n) is 3.14. The summed E-state index contributed by atoms with van der Waals surface area (Å²) >= 11 is 0. The molecule has 0 saturated heterocycles. The molecule has 0 saturated carbocycles. The number of halogens is 3. The Kier molecular flexibility index (Phi) is 4.58. The fraction of sp³-hybridized carbons (Fsp3) is 0.0769. The van der Waals surface area contributed by atoms with E-state index in [1.54, 1.807) is 0 Å². The molecule has 3 heteroatoms. The SMILES string of the molecule is CC(F)=C(F)F.c1ccc2ccccc2c1. The summed E-state index contributed by atoms with van der Waals surface area (Å²) in [6.45, 7) is 0.704. The molecule has 0 heterocycles. The highest BCUT2D eigenvalue weighted by molar-refractivity contribution is 5.81. The summed E-state index contributed by atoms with van der Waals surface area (Å²) in [5.74, 6) is -1.41. The molecule has 0 unspecified atom stereocenters. The number of fused-ring (bicyclic) bond motifs is 1. The van der Waals surface area contributed by atoms with Gasteiger partial charge in [-0.1, -0.05) is 48.5 Å². The minimum absolute atomic E-state index is 0.704. The summed E-state index contributed by atoms with van der Waals surface area (Å²) in [5, 5.41) is 2.62. The van der Waals surface area contributed by atoms with Gasteiger partial charge in [0.05, 0.1) is 0 Å². The molecule has 0 spiro atoms. The highest BCUT2D eigenvalue weighted by Gasteiger charge is 1.92. The van der Waals surface area contributed by atoms with E-state index in [0.29, 0.717) is 6.92 Å². The van der Waals surface area contributed by atoms with Crippen LogP contribution < -0.4 is 0 Å². The molecule has 0 nitrogen and oxygen atoms in total. The van der Waals surface area contributed by atoms with Gasteiger partial charge in [-0.05, 0) is 17.7 Å². The first kappa shape index (κ1) is 12.3. The van der Waals surface area contributed by atoms with Crippen LogP contribution in [-0.2, 0) is 0 Å². The summed E-state index contributed by atoms with van der Waals surface area (Å²) in [6, 6.07) is 16.7. The van der Waals surface area contributed by atoms with Crippen molar-refractivity contribution >= 4 is 10.8 Å². The van der Waals surface area contributed by atoms with E-state index in [2.05, 4.69) is 48.5 Å². The van der Waals surface area contributed by atoms with Crippen LogP contribution >= 0.6 is 0 Å². The minimum atomic E-state index is -2.24. The van der Waals surface area contributed by atoms with Crippen LogP contribution in [0.15, 0.2) is 60.4 Å². The number of rotatable bonds is 0. The van der Waals surface area contributed by atoms with Crippen LogP contribution in [0, 0.1) is 0 Å². The van der Waals surface area contributed by atoms with Crippen LogP contribution in [0.25, 0.3) is 10.8 Å². The number of allylic oxidation sites excluding steroid dienone is 1. The predicted molar refractivity (Wildman–Crippen MR) is 60.0 cm³/mol. The van der Waals surface area contributed by atoms with Crippen LogP contribution in [0.2, 0.25) is 0 Å². The van der Waals surface area contributed by atoms with Crippen molar-refractivity contribution in [3.05, 3.63) is 60.4 Å². The average Bonchev–Trinajstić information content (AvgIpc) is 2.30. The zero-order chi connectivity index (χ0) is 12.0. The van der Waals surface area contributed by atoms with E-state index in [-0.39, 0.29) is 0 Å². The largest absolute Gasteiger partial charge is 0.301 e. The third-order valence-electron chi connectivity index (χ3n) is 1.92. The zero-order valence-electron chi connectivity index (χ0n) is 8.75. The van der Waals surface area contributed by atoms with E-state index in [1.165, 1.54) is 10.8 Å². The fourth-order valence-corrected chi connectivity index (χ4v) is 1.13. The number of hydrogen-bond donors (Lipinski definition) is 0. The maximum Gasteiger partial charge on any atom is 0.301 e. The van der Waals surface area contributed by atoms with Crippen molar-refractivity contribution in [3.8, 4) is 0 Å². The van der Waals surface area contributed by atoms with Gasteiger partial charge in [0.1, 0.15) is 0 Å². The first-order valence-corrected chi connectivity index (χ1v) is 4.72. The molecular weight excluding hydrogens is 213 g/mol. The smallest absolute Gasteiger partial charge is 0.206 e. The van der Waals surface area contributed by atoms with E-state index in [4.69, 9.17) is 0 Å². The second-order valence-corrected chi connectivity index (χ2v) is 3.14. The summed E-state index contributed by atoms with van der Waals surface area (Å²) in [4.78, 5) is 0. The van der Waals surface area contributed by atoms with Crippen molar-refractivity contribution in [2.24, 2.45) is 0 Å². The molecule has 2 rings (SSSR count). The summed E-state index contributed by atoms with van der Waals surface area (Å²) < 4.78 is 32.3. The van der Waals surface area contributed by atoms with E-state index in [9.17, 15) is 13.2 Å². The molecule has 84 valence electrons. The molecule has 0 fully saturated rings. The molecule has 0 atom stereocenters. The monoisotopic (exact) mass is 224 g/mol. The van der Waals surface area contributed by atoms with Gasteiger partial charge >= 0.3 is 6.08 Å². The summed E-state index contributed by atoms with van der Waals surface area (Å²) in [6.07, 6.45) is -2.24. The quantitative estimate of drug-likeness (QED) is 0.595. The third kappa shape index (κ3) is 3.77. The van der Waals surface area contributed by atoms with Gasteiger partial charge in [0.2, 0.25) is 0 Å². The minimum Gasteiger partial charge on any atom is -0.206 e. The molecule has 0 N–H and O–H groups in total. The van der Waals surface area contributed by atoms with E-state index >= 15 is 0 Å². The molecule has 16 heavy (non-hydrogen) atoms. The second kappa shape index (κ2) is 5.95. The van der Waals surface area contributed by atoms with Gasteiger partial charge < -0.3 is 0 Å². The third-order valence-corrected chi connectivity index (χ3v) is 1.92. The highest BCUT2D eigenvalue weighted by atomic mass is 19.3. The molecule has 0 aliphatic heterocycles. The number of benzene rings is 2. The molecule has 0 aliphatic carbocycles. The Morgan fingerprint density at radius 1 is 0.750 bits per heavy atom. The fourth-order valence-electron chi connectivity index (χ4n) is 1.13. The Balaban J connectivity index is 0.000000187. The maximum absolute atomic E-state index is 11.0. The zero-order valence-corrected chi connectivity index (χ0v) is 8.75. The molecule has 0 aliphatic rings. The maximum atomic E-state index is 11.0. The Hall–Kier alpha value is -1.77. The Morgan fingerprint density at radius 3 is 1.19 bits per heavy atom. The molecule has 0 bridgehead atoms. The van der Waals surface area contributed by atoms with Gasteiger partial charge in [0.15, 0.2) is 5.83 Å². The standard InChI is InChI=1S/C10H8.C3H3F3/c1-2-6-10-8-4-3-7-9(10)5-1;1-2(4)3(5)6/h1-8H;1H3. The molecule has 2 aromatic rings. The van der Waals surface area contributed by atoms with E-state index in [1.807, 2.05) is 0 Å².